The van der Waals surface area contributed by atoms with E-state index in [1.54, 1.807) is 18.9 Å². The Morgan fingerprint density at radius 1 is 1.41 bits per heavy atom. The first-order valence-electron chi connectivity index (χ1n) is 10.2. The number of fused-ring (bicyclic) bond motifs is 1. The van der Waals surface area contributed by atoms with Crippen LogP contribution in [-0.4, -0.2) is 61.0 Å². The molecule has 4 unspecified atom stereocenters. The maximum atomic E-state index is 12.8. The molecule has 2 fully saturated rings. The van der Waals surface area contributed by atoms with Crippen molar-refractivity contribution in [3.8, 4) is 5.75 Å². The molecule has 2 saturated heterocycles. The zero-order valence-electron chi connectivity index (χ0n) is 16.8. The third-order valence-electron chi connectivity index (χ3n) is 5.80. The van der Waals surface area contributed by atoms with Gasteiger partial charge < -0.3 is 15.4 Å². The fourth-order valence-electron chi connectivity index (χ4n) is 4.30. The van der Waals surface area contributed by atoms with E-state index in [1.165, 1.54) is 0 Å². The van der Waals surface area contributed by atoms with Crippen molar-refractivity contribution in [2.45, 2.75) is 37.3 Å². The molecule has 0 saturated carbocycles. The van der Waals surface area contributed by atoms with E-state index in [9.17, 15) is 9.59 Å². The van der Waals surface area contributed by atoms with Gasteiger partial charge in [-0.15, -0.1) is 11.8 Å². The Kier molecular flexibility index (Phi) is 6.12. The average Bonchev–Trinajstić information content (AvgIpc) is 3.19. The number of nitrogens with one attached hydrogen (secondary N) is 3. The summed E-state index contributed by atoms with van der Waals surface area (Å²) in [5.41, 5.74) is 2.17. The number of rotatable bonds is 5. The summed E-state index contributed by atoms with van der Waals surface area (Å²) < 4.78 is 5.36. The quantitative estimate of drug-likeness (QED) is 0.673. The van der Waals surface area contributed by atoms with Crippen molar-refractivity contribution < 1.29 is 14.3 Å². The Balaban J connectivity index is 1.49. The summed E-state index contributed by atoms with van der Waals surface area (Å²) in [4.78, 5) is 27.3. The molecule has 4 rings (SSSR count). The molecule has 0 radical (unpaired) electrons. The number of methoxy groups -OCH3 is 1. The summed E-state index contributed by atoms with van der Waals surface area (Å²) in [7, 11) is 1.66. The Morgan fingerprint density at radius 3 is 3.07 bits per heavy atom. The number of amides is 2. The van der Waals surface area contributed by atoms with Crippen LogP contribution in [0, 0.1) is 5.92 Å². The van der Waals surface area contributed by atoms with Crippen LogP contribution < -0.4 is 20.7 Å². The van der Waals surface area contributed by atoms with E-state index >= 15 is 0 Å². The van der Waals surface area contributed by atoms with E-state index in [1.807, 2.05) is 31.2 Å². The Labute approximate surface area is 175 Å². The first-order valence-corrected chi connectivity index (χ1v) is 11.1. The first-order chi connectivity index (χ1) is 14.1. The van der Waals surface area contributed by atoms with Crippen molar-refractivity contribution in [2.24, 2.45) is 5.92 Å². The molecule has 3 heterocycles. The summed E-state index contributed by atoms with van der Waals surface area (Å²) in [5, 5.41) is 11.6. The number of benzene rings is 1. The number of nitrogens with zero attached hydrogens (tertiary/aromatic N) is 1. The summed E-state index contributed by atoms with van der Waals surface area (Å²) in [6.45, 7) is 4.08. The first kappa shape index (κ1) is 20.3. The zero-order valence-corrected chi connectivity index (χ0v) is 17.6. The topological polar surface area (TPSA) is 82.7 Å². The lowest BCUT2D eigenvalue weighted by Gasteiger charge is -2.43. The molecular weight excluding hydrogens is 388 g/mol. The monoisotopic (exact) mass is 416 g/mol. The van der Waals surface area contributed by atoms with Crippen LogP contribution in [0.1, 0.15) is 25.3 Å². The van der Waals surface area contributed by atoms with E-state index < -0.39 is 0 Å². The van der Waals surface area contributed by atoms with Crippen LogP contribution in [0.2, 0.25) is 0 Å². The molecule has 1 aromatic carbocycles. The van der Waals surface area contributed by atoms with Gasteiger partial charge in [-0.2, -0.15) is 0 Å². The minimum Gasteiger partial charge on any atom is -0.497 e. The molecule has 1 aromatic rings. The third-order valence-corrected chi connectivity index (χ3v) is 6.97. The second-order valence-corrected chi connectivity index (χ2v) is 8.66. The van der Waals surface area contributed by atoms with Gasteiger partial charge >= 0.3 is 0 Å². The molecule has 4 atom stereocenters. The van der Waals surface area contributed by atoms with Gasteiger partial charge in [0.1, 0.15) is 17.3 Å². The van der Waals surface area contributed by atoms with E-state index in [-0.39, 0.29) is 35.3 Å². The van der Waals surface area contributed by atoms with E-state index in [0.717, 1.165) is 36.3 Å². The standard InChI is InChI=1S/C21H28N4O3S/c1-3-22-19(26)14-7-5-9-25(11-14)21-23-17-16(12-29-18(17)20(27)24-21)13-6-4-8-15(10-13)28-2/h4,6,8,10,12,14,17-18,21,23H,3,5,7,9,11H2,1-2H3,(H,22,26)(H,24,27). The predicted octanol–water partition coefficient (Wildman–Crippen LogP) is 1.37. The molecule has 3 aliphatic heterocycles. The zero-order chi connectivity index (χ0) is 20.4. The maximum absolute atomic E-state index is 12.8. The van der Waals surface area contributed by atoms with Gasteiger partial charge in [0.25, 0.3) is 0 Å². The summed E-state index contributed by atoms with van der Waals surface area (Å²) in [6, 6.07) is 7.87. The van der Waals surface area contributed by atoms with Crippen molar-refractivity contribution in [3.05, 3.63) is 35.2 Å². The molecule has 0 bridgehead atoms. The lowest BCUT2D eigenvalue weighted by atomic mass is 9.94. The minimum atomic E-state index is -0.270. The molecule has 7 nitrogen and oxygen atoms in total. The van der Waals surface area contributed by atoms with Gasteiger partial charge in [0.05, 0.1) is 19.1 Å². The number of carbonyl (C=O) groups excluding carboxylic acids is 2. The van der Waals surface area contributed by atoms with Crippen molar-refractivity contribution in [2.75, 3.05) is 26.7 Å². The fourth-order valence-corrected chi connectivity index (χ4v) is 5.45. The van der Waals surface area contributed by atoms with Crippen LogP contribution in [-0.2, 0) is 9.59 Å². The van der Waals surface area contributed by atoms with Crippen molar-refractivity contribution in [1.82, 2.24) is 20.9 Å². The highest BCUT2D eigenvalue weighted by atomic mass is 32.2. The number of hydrogen-bond acceptors (Lipinski definition) is 6. The molecule has 0 spiro atoms. The van der Waals surface area contributed by atoms with Gasteiger partial charge in [0.2, 0.25) is 11.8 Å². The van der Waals surface area contributed by atoms with Crippen LogP contribution in [0.15, 0.2) is 29.7 Å². The minimum absolute atomic E-state index is 0.0357. The van der Waals surface area contributed by atoms with Crippen LogP contribution in [0.5, 0.6) is 5.75 Å². The fraction of sp³-hybridized carbons (Fsp3) is 0.524. The molecule has 0 aliphatic carbocycles. The van der Waals surface area contributed by atoms with Crippen molar-refractivity contribution >= 4 is 29.1 Å². The third kappa shape index (κ3) is 4.15. The summed E-state index contributed by atoms with van der Waals surface area (Å²) in [6.07, 6.45) is 1.56. The number of ether oxygens (including phenoxy) is 1. The van der Waals surface area contributed by atoms with Gasteiger partial charge in [-0.25, -0.2) is 0 Å². The highest BCUT2D eigenvalue weighted by Gasteiger charge is 2.44. The molecule has 8 heteroatoms. The molecular formula is C21H28N4O3S. The molecule has 3 N–H and O–H groups in total. The lowest BCUT2D eigenvalue weighted by molar-refractivity contribution is -0.129. The van der Waals surface area contributed by atoms with Crippen LogP contribution in [0.3, 0.4) is 0 Å². The number of thioether (sulfide) groups is 1. The number of piperidine rings is 1. The van der Waals surface area contributed by atoms with Crippen molar-refractivity contribution in [1.29, 1.82) is 0 Å². The molecule has 29 heavy (non-hydrogen) atoms. The van der Waals surface area contributed by atoms with Gasteiger partial charge in [0, 0.05) is 19.6 Å². The van der Waals surface area contributed by atoms with E-state index in [4.69, 9.17) is 4.74 Å². The largest absolute Gasteiger partial charge is 0.497 e. The van der Waals surface area contributed by atoms with Crippen LogP contribution in [0.4, 0.5) is 0 Å². The normalized spacial score (nSPS) is 29.6. The van der Waals surface area contributed by atoms with E-state index in [0.29, 0.717) is 13.1 Å². The predicted molar refractivity (Wildman–Crippen MR) is 114 cm³/mol. The second-order valence-electron chi connectivity index (χ2n) is 7.65. The van der Waals surface area contributed by atoms with E-state index in [2.05, 4.69) is 26.3 Å². The SMILES string of the molecule is CCNC(=O)C1CCCN(C2NC(=O)C3SC=C(c4cccc(OC)c4)C3N2)C1. The van der Waals surface area contributed by atoms with Gasteiger partial charge in [-0.05, 0) is 48.4 Å². The van der Waals surface area contributed by atoms with Crippen LogP contribution in [0.25, 0.3) is 5.57 Å². The number of likely N-dealkylation sites (tertiary alicyclic amines) is 1. The molecule has 2 amide bonds. The Morgan fingerprint density at radius 2 is 2.28 bits per heavy atom. The lowest BCUT2D eigenvalue weighted by Crippen LogP contribution is -2.69. The average molecular weight is 417 g/mol. The molecule has 3 aliphatic rings. The summed E-state index contributed by atoms with van der Waals surface area (Å²) >= 11 is 1.55. The van der Waals surface area contributed by atoms with Gasteiger partial charge in [0.15, 0.2) is 0 Å². The highest BCUT2D eigenvalue weighted by Crippen LogP contribution is 2.39. The molecule has 156 valence electrons. The van der Waals surface area contributed by atoms with Crippen LogP contribution >= 0.6 is 11.8 Å². The Hall–Kier alpha value is -2.03. The highest BCUT2D eigenvalue weighted by molar-refractivity contribution is 8.04. The Bertz CT molecular complexity index is 815. The summed E-state index contributed by atoms with van der Waals surface area (Å²) in [5.74, 6) is 0.907. The molecule has 0 aromatic heterocycles. The van der Waals surface area contributed by atoms with Gasteiger partial charge in [-0.3, -0.25) is 19.8 Å². The van der Waals surface area contributed by atoms with Crippen molar-refractivity contribution in [3.63, 3.8) is 0 Å². The number of hydrogen-bond donors (Lipinski definition) is 3. The number of carbonyl (C=O) groups is 2. The maximum Gasteiger partial charge on any atom is 0.237 e. The smallest absolute Gasteiger partial charge is 0.237 e. The second kappa shape index (κ2) is 8.77. The van der Waals surface area contributed by atoms with Gasteiger partial charge in [-0.1, -0.05) is 12.1 Å².